The minimum atomic E-state index is -0.768. The lowest BCUT2D eigenvalue weighted by atomic mass is 10.1. The Hall–Kier alpha value is -0.380. The summed E-state index contributed by atoms with van der Waals surface area (Å²) >= 11 is 2.80. The summed E-state index contributed by atoms with van der Waals surface area (Å²) in [5.41, 5.74) is 0. The van der Waals surface area contributed by atoms with Gasteiger partial charge in [0, 0.05) is 12.8 Å². The molecule has 1 N–H and O–H groups in total. The van der Waals surface area contributed by atoms with Crippen LogP contribution in [0.4, 0.5) is 0 Å². The molecule has 0 bridgehead atoms. The highest BCUT2D eigenvalue weighted by molar-refractivity contribution is 9.18. The highest BCUT2D eigenvalue weighted by atomic mass is 79.9. The number of carbonyl (C=O) groups excluding carboxylic acids is 1. The predicted molar refractivity (Wildman–Crippen MR) is 44.7 cm³/mol. The molecule has 0 aliphatic rings. The second-order valence-corrected chi connectivity index (χ2v) is 3.19. The zero-order chi connectivity index (χ0) is 8.69. The van der Waals surface area contributed by atoms with Gasteiger partial charge < -0.3 is 5.11 Å². The van der Waals surface area contributed by atoms with E-state index < -0.39 is 5.97 Å². The molecule has 11 heavy (non-hydrogen) atoms. The maximum atomic E-state index is 10.3. The fourth-order valence-corrected chi connectivity index (χ4v) is 0.997. The molecule has 0 amide bonds. The third kappa shape index (κ3) is 9.62. The summed E-state index contributed by atoms with van der Waals surface area (Å²) in [6.45, 7) is 0. The van der Waals surface area contributed by atoms with E-state index in [4.69, 9.17) is 5.11 Å². The Kier molecular flexibility index (Phi) is 6.12. The number of rotatable bonds is 6. The van der Waals surface area contributed by atoms with Crippen molar-refractivity contribution in [2.75, 3.05) is 0 Å². The third-order valence-electron chi connectivity index (χ3n) is 1.26. The number of hydrogen-bond acceptors (Lipinski definition) is 2. The van der Waals surface area contributed by atoms with E-state index in [0.29, 0.717) is 12.8 Å². The molecule has 0 radical (unpaired) electrons. The Bertz CT molecular complexity index is 129. The molecule has 3 nitrogen and oxygen atoms in total. The summed E-state index contributed by atoms with van der Waals surface area (Å²) < 4.78 is -0.00664. The summed E-state index contributed by atoms with van der Waals surface area (Å²) in [5, 5.41) is 8.25. The second kappa shape index (κ2) is 6.34. The van der Waals surface area contributed by atoms with Crippen molar-refractivity contribution in [2.45, 2.75) is 32.1 Å². The largest absolute Gasteiger partial charge is 0.481 e. The first kappa shape index (κ1) is 10.6. The van der Waals surface area contributed by atoms with Crippen LogP contribution < -0.4 is 0 Å². The molecule has 0 aromatic heterocycles. The minimum Gasteiger partial charge on any atom is -0.481 e. The minimum absolute atomic E-state index is 0.00664. The van der Waals surface area contributed by atoms with Crippen LogP contribution in [0.3, 0.4) is 0 Å². The molecule has 0 heterocycles. The highest BCUT2D eigenvalue weighted by Gasteiger charge is 1.98. The smallest absolute Gasteiger partial charge is 0.303 e. The average molecular weight is 223 g/mol. The number of unbranched alkanes of at least 4 members (excludes halogenated alkanes) is 2. The van der Waals surface area contributed by atoms with Crippen LogP contribution in [0.25, 0.3) is 0 Å². The SMILES string of the molecule is O=C(O)CCCCCC(=O)Br. The molecule has 0 spiro atoms. The zero-order valence-corrected chi connectivity index (χ0v) is 7.76. The number of aliphatic carboxylic acids is 1. The first-order valence-electron chi connectivity index (χ1n) is 3.53. The molecule has 4 heteroatoms. The molecule has 0 saturated carbocycles. The monoisotopic (exact) mass is 222 g/mol. The Balaban J connectivity index is 3.03. The van der Waals surface area contributed by atoms with Crippen LogP contribution in [0.2, 0.25) is 0 Å². The van der Waals surface area contributed by atoms with E-state index in [1.807, 2.05) is 0 Å². The summed E-state index contributed by atoms with van der Waals surface area (Å²) in [7, 11) is 0. The van der Waals surface area contributed by atoms with Gasteiger partial charge in [-0.05, 0) is 28.8 Å². The molecule has 0 rings (SSSR count). The van der Waals surface area contributed by atoms with Crippen molar-refractivity contribution < 1.29 is 14.7 Å². The van der Waals surface area contributed by atoms with Crippen LogP contribution in [0, 0.1) is 0 Å². The Morgan fingerprint density at radius 2 is 1.64 bits per heavy atom. The number of carbonyl (C=O) groups is 2. The molecule has 0 aromatic carbocycles. The standard InChI is InChI=1S/C7H11BrO3/c8-6(9)4-2-1-3-5-7(10)11/h1-5H2,(H,10,11). The van der Waals surface area contributed by atoms with Crippen molar-refractivity contribution in [3.63, 3.8) is 0 Å². The van der Waals surface area contributed by atoms with Gasteiger partial charge in [-0.25, -0.2) is 0 Å². The predicted octanol–water partition coefficient (Wildman–Crippen LogP) is 1.94. The fraction of sp³-hybridized carbons (Fsp3) is 0.714. The normalized spacial score (nSPS) is 9.55. The van der Waals surface area contributed by atoms with E-state index in [1.165, 1.54) is 0 Å². The summed E-state index contributed by atoms with van der Waals surface area (Å²) in [5.74, 6) is -0.768. The molecule has 64 valence electrons. The van der Waals surface area contributed by atoms with Crippen molar-refractivity contribution in [3.05, 3.63) is 0 Å². The molecule has 0 saturated heterocycles. The quantitative estimate of drug-likeness (QED) is 0.553. The van der Waals surface area contributed by atoms with Crippen LogP contribution in [-0.2, 0) is 9.59 Å². The van der Waals surface area contributed by atoms with Gasteiger partial charge in [-0.15, -0.1) is 0 Å². The summed E-state index contributed by atoms with van der Waals surface area (Å²) in [4.78, 5) is 20.4. The molecular weight excluding hydrogens is 212 g/mol. The fourth-order valence-electron chi connectivity index (χ4n) is 0.717. The number of carboxylic acid groups (broad SMARTS) is 1. The van der Waals surface area contributed by atoms with Crippen LogP contribution in [0.5, 0.6) is 0 Å². The average Bonchev–Trinajstić information content (AvgIpc) is 1.85. The first-order valence-corrected chi connectivity index (χ1v) is 4.32. The van der Waals surface area contributed by atoms with Crippen molar-refractivity contribution in [1.29, 1.82) is 0 Å². The van der Waals surface area contributed by atoms with Crippen LogP contribution in [0.15, 0.2) is 0 Å². The van der Waals surface area contributed by atoms with E-state index in [1.54, 1.807) is 0 Å². The highest BCUT2D eigenvalue weighted by Crippen LogP contribution is 2.05. The zero-order valence-electron chi connectivity index (χ0n) is 6.18. The van der Waals surface area contributed by atoms with Gasteiger partial charge in [-0.2, -0.15) is 0 Å². The molecule has 0 aliphatic carbocycles. The topological polar surface area (TPSA) is 54.4 Å². The van der Waals surface area contributed by atoms with Gasteiger partial charge in [-0.3, -0.25) is 9.59 Å². The van der Waals surface area contributed by atoms with Gasteiger partial charge in [0.2, 0.25) is 0 Å². The number of carboxylic acids is 1. The van der Waals surface area contributed by atoms with Crippen LogP contribution >= 0.6 is 15.9 Å². The molecule has 0 fully saturated rings. The number of hydrogen-bond donors (Lipinski definition) is 1. The van der Waals surface area contributed by atoms with Gasteiger partial charge in [0.25, 0.3) is 0 Å². The van der Waals surface area contributed by atoms with Crippen molar-refractivity contribution in [2.24, 2.45) is 0 Å². The molecule has 0 unspecified atom stereocenters. The van der Waals surface area contributed by atoms with E-state index in [2.05, 4.69) is 15.9 Å². The van der Waals surface area contributed by atoms with E-state index in [9.17, 15) is 9.59 Å². The van der Waals surface area contributed by atoms with E-state index in [-0.39, 0.29) is 11.1 Å². The molecule has 0 aliphatic heterocycles. The lowest BCUT2D eigenvalue weighted by molar-refractivity contribution is -0.137. The number of halogens is 1. The van der Waals surface area contributed by atoms with Gasteiger partial charge >= 0.3 is 5.97 Å². The van der Waals surface area contributed by atoms with Crippen LogP contribution in [0.1, 0.15) is 32.1 Å². The molecular formula is C7H11BrO3. The second-order valence-electron chi connectivity index (χ2n) is 2.31. The van der Waals surface area contributed by atoms with Crippen molar-refractivity contribution >= 4 is 26.6 Å². The van der Waals surface area contributed by atoms with Gasteiger partial charge in [0.15, 0.2) is 4.69 Å². The van der Waals surface area contributed by atoms with Gasteiger partial charge in [0.1, 0.15) is 0 Å². The van der Waals surface area contributed by atoms with Gasteiger partial charge in [-0.1, -0.05) is 6.42 Å². The Morgan fingerprint density at radius 3 is 2.09 bits per heavy atom. The van der Waals surface area contributed by atoms with E-state index >= 15 is 0 Å². The van der Waals surface area contributed by atoms with E-state index in [0.717, 1.165) is 12.8 Å². The Morgan fingerprint density at radius 1 is 1.09 bits per heavy atom. The maximum Gasteiger partial charge on any atom is 0.303 e. The summed E-state index contributed by atoms with van der Waals surface area (Å²) in [6, 6.07) is 0. The molecule has 0 aromatic rings. The first-order chi connectivity index (χ1) is 5.13. The lowest BCUT2D eigenvalue weighted by Gasteiger charge is -1.94. The maximum absolute atomic E-state index is 10.3. The molecule has 0 atom stereocenters. The van der Waals surface area contributed by atoms with Crippen LogP contribution in [-0.4, -0.2) is 15.8 Å². The van der Waals surface area contributed by atoms with Crippen molar-refractivity contribution in [3.8, 4) is 0 Å². The lowest BCUT2D eigenvalue weighted by Crippen LogP contribution is -1.94. The summed E-state index contributed by atoms with van der Waals surface area (Å²) in [6.07, 6.45) is 2.95. The third-order valence-corrected chi connectivity index (χ3v) is 1.66. The van der Waals surface area contributed by atoms with Crippen molar-refractivity contribution in [1.82, 2.24) is 0 Å². The Labute approximate surface area is 73.9 Å². The van der Waals surface area contributed by atoms with Gasteiger partial charge in [0.05, 0.1) is 0 Å².